The van der Waals surface area contributed by atoms with Gasteiger partial charge in [0.1, 0.15) is 16.4 Å². The number of ether oxygens (including phenoxy) is 1. The Morgan fingerprint density at radius 2 is 2.05 bits per heavy atom. The largest absolute Gasteiger partial charge is 0.497 e. The summed E-state index contributed by atoms with van der Waals surface area (Å²) in [4.78, 5) is 33.1. The number of nitrogens with one attached hydrogen (secondary N) is 1. The molecule has 0 saturated carbocycles. The van der Waals surface area contributed by atoms with Gasteiger partial charge in [0.05, 0.1) is 30.2 Å². The summed E-state index contributed by atoms with van der Waals surface area (Å²) >= 11 is 5.99. The summed E-state index contributed by atoms with van der Waals surface area (Å²) in [6, 6.07) is 11.6. The molecule has 7 nitrogen and oxygen atoms in total. The first-order valence-corrected chi connectivity index (χ1v) is 14.2. The minimum atomic E-state index is -0.449. The third kappa shape index (κ3) is 5.48. The molecular formula is C26H22BrFN4O3S2. The Balaban J connectivity index is 1.43. The van der Waals surface area contributed by atoms with Gasteiger partial charge in [-0.2, -0.15) is 5.10 Å². The number of thiophene rings is 1. The van der Waals surface area contributed by atoms with Crippen LogP contribution in [0.25, 0.3) is 15.9 Å². The van der Waals surface area contributed by atoms with Crippen LogP contribution in [-0.2, 0) is 17.6 Å². The van der Waals surface area contributed by atoms with E-state index in [1.54, 1.807) is 59.4 Å². The van der Waals surface area contributed by atoms with E-state index in [0.717, 1.165) is 43.0 Å². The normalized spacial score (nSPS) is 13.2. The van der Waals surface area contributed by atoms with Gasteiger partial charge in [-0.25, -0.2) is 14.8 Å². The monoisotopic (exact) mass is 600 g/mol. The number of hydrogen-bond acceptors (Lipinski definition) is 7. The molecule has 0 bridgehead atoms. The molecule has 4 aromatic rings. The zero-order valence-corrected chi connectivity index (χ0v) is 23.0. The highest BCUT2D eigenvalue weighted by atomic mass is 79.9. The van der Waals surface area contributed by atoms with Crippen molar-refractivity contribution in [2.75, 3.05) is 12.9 Å². The molecule has 0 aliphatic heterocycles. The Hall–Kier alpha value is -3.02. The molecule has 1 N–H and O–H groups in total. The van der Waals surface area contributed by atoms with Crippen LogP contribution in [0, 0.1) is 5.82 Å². The number of methoxy groups -OCH3 is 1. The highest BCUT2D eigenvalue weighted by molar-refractivity contribution is 9.10. The van der Waals surface area contributed by atoms with Crippen molar-refractivity contribution < 1.29 is 13.9 Å². The van der Waals surface area contributed by atoms with Gasteiger partial charge >= 0.3 is 0 Å². The van der Waals surface area contributed by atoms with Crippen LogP contribution in [0.4, 0.5) is 4.39 Å². The zero-order valence-electron chi connectivity index (χ0n) is 19.8. The summed E-state index contributed by atoms with van der Waals surface area (Å²) in [6.45, 7) is 0. The van der Waals surface area contributed by atoms with E-state index in [4.69, 9.17) is 9.72 Å². The Kier molecular flexibility index (Phi) is 7.73. The van der Waals surface area contributed by atoms with Crippen molar-refractivity contribution in [2.45, 2.75) is 30.8 Å². The van der Waals surface area contributed by atoms with E-state index in [-0.39, 0.29) is 16.9 Å². The SMILES string of the molecule is COc1ccc(-n2c(SCC(=O)NN=Cc3cc(Br)ccc3F)nc3sc4c(c3c2=O)CCCC4)cc1. The molecule has 37 heavy (non-hydrogen) atoms. The Morgan fingerprint density at radius 1 is 1.27 bits per heavy atom. The number of hydrogen-bond donors (Lipinski definition) is 1. The number of aromatic nitrogens is 2. The summed E-state index contributed by atoms with van der Waals surface area (Å²) in [5.41, 5.74) is 4.26. The van der Waals surface area contributed by atoms with Gasteiger partial charge in [0.15, 0.2) is 5.16 Å². The van der Waals surface area contributed by atoms with Gasteiger partial charge in [0, 0.05) is 14.9 Å². The van der Waals surface area contributed by atoms with Gasteiger partial charge in [-0.05, 0) is 73.7 Å². The number of halogens is 2. The molecule has 2 aromatic carbocycles. The fraction of sp³-hybridized carbons (Fsp3) is 0.231. The number of aryl methyl sites for hydroxylation is 2. The van der Waals surface area contributed by atoms with Gasteiger partial charge in [0.2, 0.25) is 0 Å². The third-order valence-corrected chi connectivity index (χ3v) is 8.59. The molecule has 0 radical (unpaired) electrons. The first-order chi connectivity index (χ1) is 17.9. The number of fused-ring (bicyclic) bond motifs is 3. The van der Waals surface area contributed by atoms with Gasteiger partial charge in [-0.15, -0.1) is 11.3 Å². The lowest BCUT2D eigenvalue weighted by Crippen LogP contribution is -2.24. The van der Waals surface area contributed by atoms with Gasteiger partial charge in [-0.1, -0.05) is 27.7 Å². The number of rotatable bonds is 7. The van der Waals surface area contributed by atoms with Crippen molar-refractivity contribution >= 4 is 61.4 Å². The Bertz CT molecular complexity index is 1570. The molecule has 0 unspecified atom stereocenters. The van der Waals surface area contributed by atoms with Crippen molar-refractivity contribution in [3.63, 3.8) is 0 Å². The molecule has 1 aliphatic carbocycles. The highest BCUT2D eigenvalue weighted by Crippen LogP contribution is 2.35. The number of amides is 1. The van der Waals surface area contributed by atoms with Crippen molar-refractivity contribution in [3.05, 3.63) is 79.1 Å². The van der Waals surface area contributed by atoms with E-state index in [2.05, 4.69) is 26.5 Å². The average molecular weight is 602 g/mol. The molecule has 5 rings (SSSR count). The molecule has 190 valence electrons. The maximum atomic E-state index is 13.9. The molecule has 1 aliphatic rings. The van der Waals surface area contributed by atoms with Crippen LogP contribution in [0.5, 0.6) is 5.75 Å². The first-order valence-electron chi connectivity index (χ1n) is 11.6. The van der Waals surface area contributed by atoms with Crippen LogP contribution in [-0.4, -0.2) is 34.5 Å². The number of hydrazone groups is 1. The fourth-order valence-corrected chi connectivity index (χ4v) is 6.68. The van der Waals surface area contributed by atoms with E-state index in [0.29, 0.717) is 31.3 Å². The number of carbonyl (C=O) groups excluding carboxylic acids is 1. The van der Waals surface area contributed by atoms with Crippen LogP contribution in [0.15, 0.2) is 62.0 Å². The second-order valence-electron chi connectivity index (χ2n) is 8.37. The van der Waals surface area contributed by atoms with E-state index in [1.807, 2.05) is 0 Å². The van der Waals surface area contributed by atoms with Crippen molar-refractivity contribution in [1.29, 1.82) is 0 Å². The maximum absolute atomic E-state index is 13.9. The first kappa shape index (κ1) is 25.6. The van der Waals surface area contributed by atoms with Gasteiger partial charge in [-0.3, -0.25) is 14.2 Å². The molecule has 2 heterocycles. The number of nitrogens with zero attached hydrogens (tertiary/aromatic N) is 3. The molecule has 11 heteroatoms. The summed E-state index contributed by atoms with van der Waals surface area (Å²) < 4.78 is 21.4. The lowest BCUT2D eigenvalue weighted by atomic mass is 9.97. The molecule has 0 fully saturated rings. The van der Waals surface area contributed by atoms with E-state index in [1.165, 1.54) is 17.2 Å². The van der Waals surface area contributed by atoms with E-state index >= 15 is 0 Å². The zero-order chi connectivity index (χ0) is 25.9. The van der Waals surface area contributed by atoms with Gasteiger partial charge in [0.25, 0.3) is 11.5 Å². The second kappa shape index (κ2) is 11.2. The quantitative estimate of drug-likeness (QED) is 0.131. The van der Waals surface area contributed by atoms with Crippen LogP contribution >= 0.6 is 39.0 Å². The van der Waals surface area contributed by atoms with Crippen LogP contribution in [0.2, 0.25) is 0 Å². The fourth-order valence-electron chi connectivity index (χ4n) is 4.19. The minimum Gasteiger partial charge on any atom is -0.497 e. The minimum absolute atomic E-state index is 0.0303. The number of benzene rings is 2. The summed E-state index contributed by atoms with van der Waals surface area (Å²) in [6.07, 6.45) is 5.25. The summed E-state index contributed by atoms with van der Waals surface area (Å²) in [7, 11) is 1.58. The number of carbonyl (C=O) groups is 1. The predicted octanol–water partition coefficient (Wildman–Crippen LogP) is 5.48. The smallest absolute Gasteiger partial charge is 0.267 e. The van der Waals surface area contributed by atoms with Crippen molar-refractivity contribution in [2.24, 2.45) is 5.10 Å². The third-order valence-electron chi connectivity index (χ3n) is 5.97. The predicted molar refractivity (Wildman–Crippen MR) is 149 cm³/mol. The highest BCUT2D eigenvalue weighted by Gasteiger charge is 2.23. The van der Waals surface area contributed by atoms with E-state index < -0.39 is 11.7 Å². The van der Waals surface area contributed by atoms with Gasteiger partial charge < -0.3 is 4.74 Å². The standard InChI is InChI=1S/C26H22BrFN4O3S2/c1-35-18-9-7-17(8-10-18)32-25(34)23-19-4-2-3-5-21(19)37-24(23)30-26(32)36-14-22(33)31-29-13-15-12-16(27)6-11-20(15)28/h6-13H,2-5,14H2,1H3,(H,31,33). The molecule has 0 saturated heterocycles. The van der Waals surface area contributed by atoms with Crippen molar-refractivity contribution in [3.8, 4) is 11.4 Å². The molecule has 0 atom stereocenters. The van der Waals surface area contributed by atoms with Crippen LogP contribution < -0.4 is 15.7 Å². The molecule has 1 amide bonds. The van der Waals surface area contributed by atoms with E-state index in [9.17, 15) is 14.0 Å². The molecule has 2 aromatic heterocycles. The Labute approximate surface area is 228 Å². The van der Waals surface area contributed by atoms with Crippen LogP contribution in [0.1, 0.15) is 28.8 Å². The summed E-state index contributed by atoms with van der Waals surface area (Å²) in [5, 5.41) is 4.95. The van der Waals surface area contributed by atoms with Crippen molar-refractivity contribution in [1.82, 2.24) is 15.0 Å². The lowest BCUT2D eigenvalue weighted by molar-refractivity contribution is -0.118. The average Bonchev–Trinajstić information content (AvgIpc) is 3.28. The lowest BCUT2D eigenvalue weighted by Gasteiger charge is -2.14. The number of thioether (sulfide) groups is 1. The molecule has 0 spiro atoms. The second-order valence-corrected chi connectivity index (χ2v) is 11.3. The summed E-state index contributed by atoms with van der Waals surface area (Å²) in [5.74, 6) is -0.211. The molecular weight excluding hydrogens is 579 g/mol. The van der Waals surface area contributed by atoms with Crippen LogP contribution in [0.3, 0.4) is 0 Å². The Morgan fingerprint density at radius 3 is 2.84 bits per heavy atom. The maximum Gasteiger partial charge on any atom is 0.267 e. The topological polar surface area (TPSA) is 85.6 Å².